The number of halogens is 2. The van der Waals surface area contributed by atoms with Crippen LogP contribution in [0, 0.1) is 5.92 Å². The predicted molar refractivity (Wildman–Crippen MR) is 85.3 cm³/mol. The van der Waals surface area contributed by atoms with Crippen LogP contribution in [0.4, 0.5) is 0 Å². The quantitative estimate of drug-likeness (QED) is 0.838. The average Bonchev–Trinajstić information content (AvgIpc) is 2.68. The van der Waals surface area contributed by atoms with E-state index >= 15 is 0 Å². The Kier molecular flexibility index (Phi) is 4.38. The summed E-state index contributed by atoms with van der Waals surface area (Å²) in [5.74, 6) is -0.709. The van der Waals surface area contributed by atoms with Crippen LogP contribution in [0.3, 0.4) is 0 Å². The van der Waals surface area contributed by atoms with E-state index in [-0.39, 0.29) is 24.0 Å². The molecular formula is C16H19Cl2NO3. The number of esters is 1. The molecule has 2 aliphatic rings. The van der Waals surface area contributed by atoms with Crippen LogP contribution >= 0.6 is 23.2 Å². The molecule has 1 unspecified atom stereocenters. The highest BCUT2D eigenvalue weighted by Gasteiger charge is 2.53. The molecule has 2 aliphatic heterocycles. The van der Waals surface area contributed by atoms with Gasteiger partial charge in [0.05, 0.1) is 29.2 Å². The lowest BCUT2D eigenvalue weighted by atomic mass is 9.76. The average molecular weight is 344 g/mol. The van der Waals surface area contributed by atoms with Crippen LogP contribution in [0.5, 0.6) is 0 Å². The van der Waals surface area contributed by atoms with Crippen molar-refractivity contribution in [2.45, 2.75) is 36.9 Å². The molecule has 2 fully saturated rings. The van der Waals surface area contributed by atoms with E-state index in [0.29, 0.717) is 16.5 Å². The van der Waals surface area contributed by atoms with Crippen LogP contribution in [-0.4, -0.2) is 48.3 Å². The summed E-state index contributed by atoms with van der Waals surface area (Å²) in [5.41, 5.74) is 0.974. The fourth-order valence-corrected chi connectivity index (χ4v) is 4.36. The minimum atomic E-state index is -0.508. The van der Waals surface area contributed by atoms with Crippen LogP contribution in [-0.2, 0) is 9.53 Å². The number of rotatable bonds is 2. The molecule has 120 valence electrons. The summed E-state index contributed by atoms with van der Waals surface area (Å²) in [6, 6.07) is 5.53. The number of carbonyl (C=O) groups excluding carboxylic acids is 1. The Hall–Kier alpha value is -0.810. The minimum absolute atomic E-state index is 0.0226. The number of aliphatic hydroxyl groups excluding tert-OH is 1. The summed E-state index contributed by atoms with van der Waals surface area (Å²) < 4.78 is 5.01. The highest BCUT2D eigenvalue weighted by Crippen LogP contribution is 2.47. The van der Waals surface area contributed by atoms with Crippen LogP contribution in [0.1, 0.15) is 24.3 Å². The number of likely N-dealkylation sites (N-methyl/N-ethyl adjacent to an activating group) is 1. The molecule has 2 heterocycles. The summed E-state index contributed by atoms with van der Waals surface area (Å²) >= 11 is 12.1. The molecule has 0 saturated carbocycles. The number of benzene rings is 1. The van der Waals surface area contributed by atoms with Crippen molar-refractivity contribution >= 4 is 29.2 Å². The van der Waals surface area contributed by atoms with Crippen LogP contribution in [0.2, 0.25) is 10.0 Å². The molecule has 1 aromatic rings. The Balaban J connectivity index is 2.01. The smallest absolute Gasteiger partial charge is 0.310 e. The summed E-state index contributed by atoms with van der Waals surface area (Å²) in [6.07, 6.45) is 0.973. The number of fused-ring (bicyclic) bond motifs is 2. The molecule has 0 aromatic heterocycles. The molecule has 3 rings (SSSR count). The summed E-state index contributed by atoms with van der Waals surface area (Å²) in [4.78, 5) is 14.5. The zero-order valence-electron chi connectivity index (χ0n) is 12.5. The molecule has 2 saturated heterocycles. The molecule has 0 amide bonds. The van der Waals surface area contributed by atoms with Gasteiger partial charge in [-0.3, -0.25) is 9.69 Å². The first-order chi connectivity index (χ1) is 10.4. The molecular weight excluding hydrogens is 325 g/mol. The van der Waals surface area contributed by atoms with E-state index in [4.69, 9.17) is 27.9 Å². The van der Waals surface area contributed by atoms with Crippen LogP contribution in [0.15, 0.2) is 18.2 Å². The van der Waals surface area contributed by atoms with Gasteiger partial charge >= 0.3 is 5.97 Å². The highest BCUT2D eigenvalue weighted by molar-refractivity contribution is 6.42. The van der Waals surface area contributed by atoms with E-state index < -0.39 is 12.0 Å². The van der Waals surface area contributed by atoms with Gasteiger partial charge in [0, 0.05) is 18.0 Å². The fourth-order valence-electron chi connectivity index (χ4n) is 4.06. The molecule has 0 radical (unpaired) electrons. The van der Waals surface area contributed by atoms with Gasteiger partial charge < -0.3 is 9.84 Å². The lowest BCUT2D eigenvalue weighted by Crippen LogP contribution is -2.51. The lowest BCUT2D eigenvalue weighted by Gasteiger charge is -2.42. The second-order valence-corrected chi connectivity index (χ2v) is 6.99. The van der Waals surface area contributed by atoms with Crippen molar-refractivity contribution in [1.29, 1.82) is 0 Å². The second-order valence-electron chi connectivity index (χ2n) is 6.18. The zero-order chi connectivity index (χ0) is 16.0. The number of carbonyl (C=O) groups is 1. The van der Waals surface area contributed by atoms with Crippen LogP contribution in [0.25, 0.3) is 0 Å². The minimum Gasteiger partial charge on any atom is -0.469 e. The number of hydrogen-bond acceptors (Lipinski definition) is 4. The Morgan fingerprint density at radius 2 is 2.05 bits per heavy atom. The van der Waals surface area contributed by atoms with Gasteiger partial charge in [0.25, 0.3) is 0 Å². The standard InChI is InChI=1S/C16H19Cl2NO3/c1-19-9-6-10(8-3-4-11(17)12(18)5-8)14(16(21)22-2)15(19)13(20)7-9/h3-5,9-10,13-15,20H,6-7H2,1-2H3/t9-,10+,13+,14-,15?/m0/s1. The van der Waals surface area contributed by atoms with Gasteiger partial charge in [-0.2, -0.15) is 0 Å². The number of piperidine rings is 1. The number of aliphatic hydroxyl groups is 1. The normalized spacial score (nSPS) is 34.7. The SMILES string of the molecule is COC(=O)[C@@H]1C2[C@H](O)C[C@H](C[C@@H]1c1ccc(Cl)c(Cl)c1)N2C. The Morgan fingerprint density at radius 3 is 2.68 bits per heavy atom. The number of hydrogen-bond donors (Lipinski definition) is 1. The maximum atomic E-state index is 12.4. The third-order valence-electron chi connectivity index (χ3n) is 5.13. The molecule has 1 aromatic carbocycles. The monoisotopic (exact) mass is 343 g/mol. The van der Waals surface area contributed by atoms with Gasteiger partial charge in [-0.05, 0) is 37.6 Å². The Morgan fingerprint density at radius 1 is 1.32 bits per heavy atom. The molecule has 5 atom stereocenters. The maximum absolute atomic E-state index is 12.4. The van der Waals surface area contributed by atoms with E-state index in [1.54, 1.807) is 6.07 Å². The van der Waals surface area contributed by atoms with Gasteiger partial charge in [-0.15, -0.1) is 0 Å². The lowest BCUT2D eigenvalue weighted by molar-refractivity contribution is -0.151. The Bertz CT molecular complexity index is 595. The van der Waals surface area contributed by atoms with Gasteiger partial charge in [-0.25, -0.2) is 0 Å². The third kappa shape index (κ3) is 2.52. The van der Waals surface area contributed by atoms with E-state index in [0.717, 1.165) is 12.0 Å². The van der Waals surface area contributed by atoms with Crippen molar-refractivity contribution in [3.05, 3.63) is 33.8 Å². The largest absolute Gasteiger partial charge is 0.469 e. The highest BCUT2D eigenvalue weighted by atomic mass is 35.5. The molecule has 2 bridgehead atoms. The molecule has 6 heteroatoms. The number of nitrogens with zero attached hydrogens (tertiary/aromatic N) is 1. The van der Waals surface area contributed by atoms with Gasteiger partial charge in [-0.1, -0.05) is 29.3 Å². The fraction of sp³-hybridized carbons (Fsp3) is 0.562. The van der Waals surface area contributed by atoms with Gasteiger partial charge in [0.2, 0.25) is 0 Å². The van der Waals surface area contributed by atoms with Crippen molar-refractivity contribution in [3.63, 3.8) is 0 Å². The first-order valence-electron chi connectivity index (χ1n) is 7.36. The summed E-state index contributed by atoms with van der Waals surface area (Å²) in [5, 5.41) is 11.3. The zero-order valence-corrected chi connectivity index (χ0v) is 14.0. The van der Waals surface area contributed by atoms with Crippen molar-refractivity contribution in [2.75, 3.05) is 14.2 Å². The number of ether oxygens (including phenoxy) is 1. The van der Waals surface area contributed by atoms with E-state index in [1.165, 1.54) is 7.11 Å². The van der Waals surface area contributed by atoms with E-state index in [2.05, 4.69) is 4.90 Å². The molecule has 4 nitrogen and oxygen atoms in total. The Labute approximate surface area is 140 Å². The first-order valence-corrected chi connectivity index (χ1v) is 8.12. The second kappa shape index (κ2) is 6.00. The van der Waals surface area contributed by atoms with E-state index in [9.17, 15) is 9.90 Å². The van der Waals surface area contributed by atoms with Crippen molar-refractivity contribution in [3.8, 4) is 0 Å². The molecule has 0 spiro atoms. The topological polar surface area (TPSA) is 49.8 Å². The van der Waals surface area contributed by atoms with Crippen molar-refractivity contribution < 1.29 is 14.6 Å². The molecule has 22 heavy (non-hydrogen) atoms. The van der Waals surface area contributed by atoms with Crippen molar-refractivity contribution in [2.24, 2.45) is 5.92 Å². The number of methoxy groups -OCH3 is 1. The van der Waals surface area contributed by atoms with Crippen molar-refractivity contribution in [1.82, 2.24) is 4.90 Å². The van der Waals surface area contributed by atoms with E-state index in [1.807, 2.05) is 19.2 Å². The summed E-state index contributed by atoms with van der Waals surface area (Å²) in [6.45, 7) is 0. The molecule has 0 aliphatic carbocycles. The van der Waals surface area contributed by atoms with Crippen LogP contribution < -0.4 is 0 Å². The maximum Gasteiger partial charge on any atom is 0.310 e. The van der Waals surface area contributed by atoms with Gasteiger partial charge in [0.1, 0.15) is 0 Å². The third-order valence-corrected chi connectivity index (χ3v) is 5.87. The van der Waals surface area contributed by atoms with Gasteiger partial charge in [0.15, 0.2) is 0 Å². The molecule has 1 N–H and O–H groups in total. The predicted octanol–water partition coefficient (Wildman–Crippen LogP) is 2.70. The first kappa shape index (κ1) is 16.1. The summed E-state index contributed by atoms with van der Waals surface area (Å²) in [7, 11) is 3.36.